The molecule has 0 bridgehead atoms. The lowest BCUT2D eigenvalue weighted by Crippen LogP contribution is -2.01. The van der Waals surface area contributed by atoms with Gasteiger partial charge >= 0.3 is 0 Å². The zero-order valence-corrected chi connectivity index (χ0v) is 13.4. The van der Waals surface area contributed by atoms with Gasteiger partial charge < -0.3 is 4.57 Å². The number of aryl methyl sites for hydroxylation is 2. The highest BCUT2D eigenvalue weighted by Crippen LogP contribution is 2.32. The smallest absolute Gasteiger partial charge is 0.165 e. The Morgan fingerprint density at radius 1 is 0.955 bits per heavy atom. The van der Waals surface area contributed by atoms with Crippen molar-refractivity contribution in [1.82, 2.24) is 14.8 Å². The van der Waals surface area contributed by atoms with Crippen LogP contribution in [0.25, 0.3) is 11.4 Å². The van der Waals surface area contributed by atoms with E-state index in [2.05, 4.69) is 34.5 Å². The summed E-state index contributed by atoms with van der Waals surface area (Å²) < 4.78 is 2.01. The molecule has 3 aromatic rings. The fourth-order valence-corrected chi connectivity index (χ4v) is 2.79. The van der Waals surface area contributed by atoms with Crippen LogP contribution in [0, 0.1) is 0 Å². The first-order valence-electron chi connectivity index (χ1n) is 7.12. The fourth-order valence-electron chi connectivity index (χ4n) is 2.40. The lowest BCUT2D eigenvalue weighted by atomic mass is 10.1. The molecule has 0 aliphatic rings. The second kappa shape index (κ2) is 6.95. The van der Waals surface area contributed by atoms with Gasteiger partial charge in [-0.1, -0.05) is 59.6 Å². The summed E-state index contributed by atoms with van der Waals surface area (Å²) in [7, 11) is 0. The molecule has 1 aromatic heterocycles. The Morgan fingerprint density at radius 3 is 2.59 bits per heavy atom. The SMILES string of the molecule is Clc1cccc(-c2nncn2CCCc2ccccc2)c1Cl. The fraction of sp³-hybridized carbons (Fsp3) is 0.176. The third-order valence-corrected chi connectivity index (χ3v) is 4.33. The maximum atomic E-state index is 6.27. The van der Waals surface area contributed by atoms with Crippen molar-refractivity contribution < 1.29 is 0 Å². The standard InChI is InChI=1S/C17H15Cl2N3/c18-15-10-4-9-14(16(15)19)17-21-20-12-22(17)11-5-8-13-6-2-1-3-7-13/h1-4,6-7,9-10,12H,5,8,11H2. The number of hydrogen-bond acceptors (Lipinski definition) is 2. The van der Waals surface area contributed by atoms with Crippen molar-refractivity contribution in [3.63, 3.8) is 0 Å². The van der Waals surface area contributed by atoms with Gasteiger partial charge in [0, 0.05) is 12.1 Å². The predicted octanol–water partition coefficient (Wildman–Crippen LogP) is 4.88. The monoisotopic (exact) mass is 331 g/mol. The predicted molar refractivity (Wildman–Crippen MR) is 90.2 cm³/mol. The topological polar surface area (TPSA) is 30.7 Å². The first kappa shape index (κ1) is 15.1. The van der Waals surface area contributed by atoms with E-state index in [-0.39, 0.29) is 0 Å². The van der Waals surface area contributed by atoms with Crippen molar-refractivity contribution in [1.29, 1.82) is 0 Å². The summed E-state index contributed by atoms with van der Waals surface area (Å²) in [5.74, 6) is 0.751. The molecule has 0 aliphatic carbocycles. The Balaban J connectivity index is 1.74. The Morgan fingerprint density at radius 2 is 1.77 bits per heavy atom. The molecule has 0 atom stereocenters. The number of nitrogens with zero attached hydrogens (tertiary/aromatic N) is 3. The summed E-state index contributed by atoms with van der Waals surface area (Å²) in [6.45, 7) is 0.833. The molecule has 5 heteroatoms. The Labute approximate surface area is 139 Å². The van der Waals surface area contributed by atoms with E-state index in [9.17, 15) is 0 Å². The van der Waals surface area contributed by atoms with Gasteiger partial charge in [0.15, 0.2) is 5.82 Å². The molecule has 0 fully saturated rings. The molecule has 0 saturated carbocycles. The minimum atomic E-state index is 0.515. The average molecular weight is 332 g/mol. The van der Waals surface area contributed by atoms with Crippen LogP contribution in [-0.4, -0.2) is 14.8 Å². The van der Waals surface area contributed by atoms with Crippen molar-refractivity contribution in [3.8, 4) is 11.4 Å². The molecule has 0 unspecified atom stereocenters. The molecule has 1 heterocycles. The maximum Gasteiger partial charge on any atom is 0.165 e. The van der Waals surface area contributed by atoms with Crippen LogP contribution in [0.4, 0.5) is 0 Å². The molecule has 0 spiro atoms. The van der Waals surface area contributed by atoms with Crippen molar-refractivity contribution in [2.75, 3.05) is 0 Å². The maximum absolute atomic E-state index is 6.27. The van der Waals surface area contributed by atoms with Crippen LogP contribution in [0.1, 0.15) is 12.0 Å². The zero-order valence-electron chi connectivity index (χ0n) is 11.9. The van der Waals surface area contributed by atoms with Gasteiger partial charge in [0.2, 0.25) is 0 Å². The molecule has 3 rings (SSSR count). The lowest BCUT2D eigenvalue weighted by molar-refractivity contribution is 0.645. The third kappa shape index (κ3) is 3.32. The van der Waals surface area contributed by atoms with E-state index in [0.717, 1.165) is 30.8 Å². The van der Waals surface area contributed by atoms with E-state index < -0.39 is 0 Å². The van der Waals surface area contributed by atoms with Gasteiger partial charge in [0.05, 0.1) is 10.0 Å². The molecule has 112 valence electrons. The summed E-state index contributed by atoms with van der Waals surface area (Å²) in [6, 6.07) is 16.0. The molecule has 3 nitrogen and oxygen atoms in total. The molecule has 0 radical (unpaired) electrons. The molecule has 0 aliphatic heterocycles. The first-order valence-corrected chi connectivity index (χ1v) is 7.87. The molecule has 22 heavy (non-hydrogen) atoms. The van der Waals surface area contributed by atoms with E-state index in [4.69, 9.17) is 23.2 Å². The highest BCUT2D eigenvalue weighted by Gasteiger charge is 2.12. The van der Waals surface area contributed by atoms with Gasteiger partial charge in [-0.15, -0.1) is 10.2 Å². The Hall–Kier alpha value is -1.84. The Kier molecular flexibility index (Phi) is 4.76. The number of aromatic nitrogens is 3. The Bertz CT molecular complexity index is 754. The largest absolute Gasteiger partial charge is 0.314 e. The van der Waals surface area contributed by atoms with Crippen LogP contribution in [-0.2, 0) is 13.0 Å². The van der Waals surface area contributed by atoms with Gasteiger partial charge in [-0.05, 0) is 30.5 Å². The van der Waals surface area contributed by atoms with Gasteiger partial charge in [0.1, 0.15) is 6.33 Å². The molecule has 2 aromatic carbocycles. The number of hydrogen-bond donors (Lipinski definition) is 0. The second-order valence-electron chi connectivity index (χ2n) is 5.04. The second-order valence-corrected chi connectivity index (χ2v) is 5.82. The minimum absolute atomic E-state index is 0.515. The summed E-state index contributed by atoms with van der Waals surface area (Å²) in [5, 5.41) is 9.23. The molecule has 0 amide bonds. The molecular formula is C17H15Cl2N3. The number of rotatable bonds is 5. The van der Waals surface area contributed by atoms with Crippen molar-refractivity contribution in [2.24, 2.45) is 0 Å². The molecular weight excluding hydrogens is 317 g/mol. The van der Waals surface area contributed by atoms with Crippen LogP contribution in [0.3, 0.4) is 0 Å². The van der Waals surface area contributed by atoms with Gasteiger partial charge in [-0.25, -0.2) is 0 Å². The third-order valence-electron chi connectivity index (χ3n) is 3.52. The van der Waals surface area contributed by atoms with Crippen LogP contribution < -0.4 is 0 Å². The number of benzene rings is 2. The van der Waals surface area contributed by atoms with E-state index in [1.54, 1.807) is 12.4 Å². The molecule has 0 N–H and O–H groups in total. The van der Waals surface area contributed by atoms with E-state index in [1.165, 1.54) is 5.56 Å². The zero-order chi connectivity index (χ0) is 15.4. The van der Waals surface area contributed by atoms with Crippen LogP contribution in [0.2, 0.25) is 10.0 Å². The first-order chi connectivity index (χ1) is 10.8. The molecule has 0 saturated heterocycles. The van der Waals surface area contributed by atoms with Crippen molar-refractivity contribution in [3.05, 3.63) is 70.5 Å². The van der Waals surface area contributed by atoms with Crippen molar-refractivity contribution >= 4 is 23.2 Å². The summed E-state index contributed by atoms with van der Waals surface area (Å²) in [4.78, 5) is 0. The van der Waals surface area contributed by atoms with E-state index in [1.807, 2.05) is 22.8 Å². The summed E-state index contributed by atoms with van der Waals surface area (Å²) in [6.07, 6.45) is 3.76. The average Bonchev–Trinajstić information content (AvgIpc) is 2.99. The highest BCUT2D eigenvalue weighted by molar-refractivity contribution is 6.43. The van der Waals surface area contributed by atoms with Gasteiger partial charge in [-0.2, -0.15) is 0 Å². The van der Waals surface area contributed by atoms with Crippen LogP contribution in [0.5, 0.6) is 0 Å². The highest BCUT2D eigenvalue weighted by atomic mass is 35.5. The number of halogens is 2. The van der Waals surface area contributed by atoms with Crippen LogP contribution in [0.15, 0.2) is 54.9 Å². The minimum Gasteiger partial charge on any atom is -0.314 e. The van der Waals surface area contributed by atoms with E-state index in [0.29, 0.717) is 10.0 Å². The van der Waals surface area contributed by atoms with Gasteiger partial charge in [0.25, 0.3) is 0 Å². The van der Waals surface area contributed by atoms with E-state index >= 15 is 0 Å². The quantitative estimate of drug-likeness (QED) is 0.666. The summed E-state index contributed by atoms with van der Waals surface area (Å²) >= 11 is 12.4. The van der Waals surface area contributed by atoms with Crippen LogP contribution >= 0.6 is 23.2 Å². The normalized spacial score (nSPS) is 10.8. The lowest BCUT2D eigenvalue weighted by Gasteiger charge is -2.09. The summed E-state index contributed by atoms with van der Waals surface area (Å²) in [5.41, 5.74) is 2.14. The van der Waals surface area contributed by atoms with Gasteiger partial charge in [-0.3, -0.25) is 0 Å². The van der Waals surface area contributed by atoms with Crippen molar-refractivity contribution in [2.45, 2.75) is 19.4 Å².